The Balaban J connectivity index is 2.21. The van der Waals surface area contributed by atoms with Gasteiger partial charge < -0.3 is 10.3 Å². The number of rotatable bonds is 4. The monoisotopic (exact) mass is 283 g/mol. The maximum atomic E-state index is 11.9. The molecule has 6 heteroatoms. The quantitative estimate of drug-likeness (QED) is 0.455. The minimum atomic E-state index is -0.562. The molecule has 0 heterocycles. The third-order valence-electron chi connectivity index (χ3n) is 2.68. The van der Waals surface area contributed by atoms with Crippen LogP contribution in [0.1, 0.15) is 15.9 Å². The largest absolute Gasteiger partial charge is 0.507 e. The van der Waals surface area contributed by atoms with Crippen LogP contribution in [0.5, 0.6) is 5.75 Å². The summed E-state index contributed by atoms with van der Waals surface area (Å²) in [6, 6.07) is 15.1. The SMILES string of the molecule is O=C(N/N=C(\C=N\O)c1ccccc1)c1ccccc1O. The average molecular weight is 283 g/mol. The summed E-state index contributed by atoms with van der Waals surface area (Å²) in [4.78, 5) is 11.9. The topological polar surface area (TPSA) is 94.3 Å². The number of amides is 1. The third-order valence-corrected chi connectivity index (χ3v) is 2.68. The van der Waals surface area contributed by atoms with Crippen LogP contribution in [-0.2, 0) is 0 Å². The van der Waals surface area contributed by atoms with Crippen molar-refractivity contribution < 1.29 is 15.1 Å². The van der Waals surface area contributed by atoms with Crippen LogP contribution in [0, 0.1) is 0 Å². The van der Waals surface area contributed by atoms with Gasteiger partial charge in [-0.05, 0) is 12.1 Å². The zero-order valence-electron chi connectivity index (χ0n) is 11.0. The number of carbonyl (C=O) groups excluding carboxylic acids is 1. The molecule has 1 amide bonds. The highest BCUT2D eigenvalue weighted by Crippen LogP contribution is 2.14. The van der Waals surface area contributed by atoms with Gasteiger partial charge in [-0.25, -0.2) is 5.43 Å². The highest BCUT2D eigenvalue weighted by Gasteiger charge is 2.09. The number of phenols is 1. The van der Waals surface area contributed by atoms with Crippen molar-refractivity contribution in [2.75, 3.05) is 0 Å². The second-order valence-electron chi connectivity index (χ2n) is 4.07. The lowest BCUT2D eigenvalue weighted by Gasteiger charge is -2.04. The smallest absolute Gasteiger partial charge is 0.275 e. The zero-order valence-corrected chi connectivity index (χ0v) is 11.0. The predicted molar refractivity (Wildman–Crippen MR) is 78.8 cm³/mol. The molecule has 0 unspecified atom stereocenters. The first-order valence-electron chi connectivity index (χ1n) is 6.11. The van der Waals surface area contributed by atoms with Gasteiger partial charge in [0, 0.05) is 5.56 Å². The second-order valence-corrected chi connectivity index (χ2v) is 4.07. The minimum Gasteiger partial charge on any atom is -0.507 e. The van der Waals surface area contributed by atoms with Crippen molar-refractivity contribution in [1.29, 1.82) is 0 Å². The minimum absolute atomic E-state index is 0.106. The molecule has 0 fully saturated rings. The highest BCUT2D eigenvalue weighted by atomic mass is 16.4. The zero-order chi connectivity index (χ0) is 15.1. The fourth-order valence-electron chi connectivity index (χ4n) is 1.67. The number of carbonyl (C=O) groups is 1. The van der Waals surface area contributed by atoms with Crippen molar-refractivity contribution in [3.05, 3.63) is 65.7 Å². The summed E-state index contributed by atoms with van der Waals surface area (Å²) >= 11 is 0. The number of hydrazone groups is 1. The van der Waals surface area contributed by atoms with Gasteiger partial charge in [0.25, 0.3) is 5.91 Å². The van der Waals surface area contributed by atoms with Crippen molar-refractivity contribution in [1.82, 2.24) is 5.43 Å². The van der Waals surface area contributed by atoms with Gasteiger partial charge in [0.1, 0.15) is 11.5 Å². The first-order valence-corrected chi connectivity index (χ1v) is 6.11. The Morgan fingerprint density at radius 3 is 2.38 bits per heavy atom. The van der Waals surface area contributed by atoms with Gasteiger partial charge in [-0.1, -0.05) is 47.6 Å². The van der Waals surface area contributed by atoms with E-state index in [0.717, 1.165) is 6.21 Å². The van der Waals surface area contributed by atoms with Crippen LogP contribution in [0.4, 0.5) is 0 Å². The van der Waals surface area contributed by atoms with Crippen LogP contribution in [0.3, 0.4) is 0 Å². The van der Waals surface area contributed by atoms with Gasteiger partial charge in [-0.15, -0.1) is 0 Å². The number of hydrogen-bond donors (Lipinski definition) is 3. The van der Waals surface area contributed by atoms with Gasteiger partial charge in [0.2, 0.25) is 0 Å². The van der Waals surface area contributed by atoms with E-state index in [1.165, 1.54) is 12.1 Å². The Kier molecular flexibility index (Phi) is 4.66. The molecule has 106 valence electrons. The van der Waals surface area contributed by atoms with E-state index in [4.69, 9.17) is 5.21 Å². The molecule has 0 spiro atoms. The summed E-state index contributed by atoms with van der Waals surface area (Å²) in [7, 11) is 0. The summed E-state index contributed by atoms with van der Waals surface area (Å²) in [5.41, 5.74) is 3.37. The van der Waals surface area contributed by atoms with Crippen molar-refractivity contribution in [2.24, 2.45) is 10.3 Å². The Bertz CT molecular complexity index is 682. The molecule has 0 saturated carbocycles. The fraction of sp³-hybridized carbons (Fsp3) is 0. The van der Waals surface area contributed by atoms with E-state index in [9.17, 15) is 9.90 Å². The Labute approximate surface area is 121 Å². The second kappa shape index (κ2) is 6.85. The lowest BCUT2D eigenvalue weighted by atomic mass is 10.1. The number of hydrogen-bond acceptors (Lipinski definition) is 5. The Morgan fingerprint density at radius 1 is 1.05 bits per heavy atom. The van der Waals surface area contributed by atoms with Crippen LogP contribution >= 0.6 is 0 Å². The van der Waals surface area contributed by atoms with Crippen LogP contribution in [0.2, 0.25) is 0 Å². The molecule has 0 aliphatic carbocycles. The number of nitrogens with one attached hydrogen (secondary N) is 1. The molecule has 0 radical (unpaired) electrons. The van der Waals surface area contributed by atoms with E-state index in [2.05, 4.69) is 15.7 Å². The number of para-hydroxylation sites is 1. The molecule has 2 aromatic rings. The molecule has 0 aliphatic heterocycles. The summed E-state index contributed by atoms with van der Waals surface area (Å²) < 4.78 is 0. The van der Waals surface area contributed by atoms with Crippen LogP contribution < -0.4 is 5.43 Å². The Morgan fingerprint density at radius 2 is 1.71 bits per heavy atom. The van der Waals surface area contributed by atoms with Gasteiger partial charge >= 0.3 is 0 Å². The fourth-order valence-corrected chi connectivity index (χ4v) is 1.67. The van der Waals surface area contributed by atoms with E-state index < -0.39 is 5.91 Å². The number of nitrogens with zero attached hydrogens (tertiary/aromatic N) is 2. The van der Waals surface area contributed by atoms with Crippen LogP contribution in [0.15, 0.2) is 64.9 Å². The van der Waals surface area contributed by atoms with Crippen molar-refractivity contribution in [3.8, 4) is 5.75 Å². The normalized spacial score (nSPS) is 11.5. The molecule has 0 aromatic heterocycles. The summed E-state index contributed by atoms with van der Waals surface area (Å²) in [6.07, 6.45) is 1.11. The molecular weight excluding hydrogens is 270 g/mol. The van der Waals surface area contributed by atoms with Crippen molar-refractivity contribution >= 4 is 17.8 Å². The van der Waals surface area contributed by atoms with E-state index in [1.54, 1.807) is 36.4 Å². The van der Waals surface area contributed by atoms with Crippen LogP contribution in [0.25, 0.3) is 0 Å². The molecule has 2 aromatic carbocycles. The lowest BCUT2D eigenvalue weighted by molar-refractivity contribution is 0.0952. The number of aromatic hydroxyl groups is 1. The van der Waals surface area contributed by atoms with Crippen molar-refractivity contribution in [2.45, 2.75) is 0 Å². The number of phenolic OH excluding ortho intramolecular Hbond substituents is 1. The highest BCUT2D eigenvalue weighted by molar-refractivity contribution is 6.38. The lowest BCUT2D eigenvalue weighted by Crippen LogP contribution is -2.20. The first kappa shape index (κ1) is 14.3. The predicted octanol–water partition coefficient (Wildman–Crippen LogP) is 1.99. The summed E-state index contributed by atoms with van der Waals surface area (Å²) in [5.74, 6) is -0.699. The molecule has 6 nitrogen and oxygen atoms in total. The van der Waals surface area contributed by atoms with Gasteiger partial charge in [0.05, 0.1) is 11.8 Å². The van der Waals surface area contributed by atoms with Gasteiger partial charge in [-0.2, -0.15) is 5.10 Å². The van der Waals surface area contributed by atoms with Gasteiger partial charge in [-0.3, -0.25) is 4.79 Å². The number of benzene rings is 2. The standard InChI is InChI=1S/C15H13N3O3/c19-14-9-5-4-8-12(14)15(20)18-17-13(10-16-21)11-6-2-1-3-7-11/h1-10,19,21H,(H,18,20)/b16-10+,17-13+. The first-order chi connectivity index (χ1) is 10.2. The van der Waals surface area contributed by atoms with Gasteiger partial charge in [0.15, 0.2) is 0 Å². The Hall–Kier alpha value is -3.15. The molecule has 3 N–H and O–H groups in total. The molecule has 2 rings (SSSR count). The van der Waals surface area contributed by atoms with E-state index in [0.29, 0.717) is 5.56 Å². The maximum absolute atomic E-state index is 11.9. The molecule has 21 heavy (non-hydrogen) atoms. The molecule has 0 atom stereocenters. The van der Waals surface area contributed by atoms with E-state index >= 15 is 0 Å². The molecule has 0 aliphatic rings. The van der Waals surface area contributed by atoms with Crippen LogP contribution in [-0.4, -0.2) is 28.1 Å². The summed E-state index contributed by atoms with van der Waals surface area (Å²) in [6.45, 7) is 0. The summed E-state index contributed by atoms with van der Waals surface area (Å²) in [5, 5.41) is 25.1. The van der Waals surface area contributed by atoms with E-state index in [-0.39, 0.29) is 17.0 Å². The maximum Gasteiger partial charge on any atom is 0.275 e. The molecule has 0 bridgehead atoms. The third kappa shape index (κ3) is 3.66. The van der Waals surface area contributed by atoms with E-state index in [1.807, 2.05) is 6.07 Å². The molecular formula is C15H13N3O3. The average Bonchev–Trinajstić information content (AvgIpc) is 2.52. The molecule has 0 saturated heterocycles. The van der Waals surface area contributed by atoms with Crippen molar-refractivity contribution in [3.63, 3.8) is 0 Å². The number of oxime groups is 1.